The van der Waals surface area contributed by atoms with E-state index in [-0.39, 0.29) is 5.82 Å². The molecule has 1 aromatic rings. The SMILES string of the molecule is Cc1ccc(F)cc1C1CC(C)CCC1CNCC(C)C. The summed E-state index contributed by atoms with van der Waals surface area (Å²) in [5.74, 6) is 2.48. The quantitative estimate of drug-likeness (QED) is 0.813. The third-order valence-corrected chi connectivity index (χ3v) is 4.86. The highest BCUT2D eigenvalue weighted by atomic mass is 19.1. The van der Waals surface area contributed by atoms with E-state index in [1.54, 1.807) is 12.1 Å². The van der Waals surface area contributed by atoms with E-state index in [4.69, 9.17) is 0 Å². The minimum atomic E-state index is -0.0947. The molecule has 0 bridgehead atoms. The van der Waals surface area contributed by atoms with Gasteiger partial charge >= 0.3 is 0 Å². The normalized spacial score (nSPS) is 26.3. The Morgan fingerprint density at radius 2 is 2.05 bits per heavy atom. The lowest BCUT2D eigenvalue weighted by Crippen LogP contribution is -2.33. The number of benzene rings is 1. The van der Waals surface area contributed by atoms with Crippen molar-refractivity contribution in [3.63, 3.8) is 0 Å². The fourth-order valence-electron chi connectivity index (χ4n) is 3.64. The maximum atomic E-state index is 13.7. The molecule has 2 rings (SSSR count). The van der Waals surface area contributed by atoms with Crippen molar-refractivity contribution in [3.05, 3.63) is 35.1 Å². The molecule has 2 heteroatoms. The zero-order chi connectivity index (χ0) is 15.4. The highest BCUT2D eigenvalue weighted by Crippen LogP contribution is 2.41. The van der Waals surface area contributed by atoms with Crippen molar-refractivity contribution >= 4 is 0 Å². The Kier molecular flexibility index (Phi) is 5.80. The van der Waals surface area contributed by atoms with Crippen molar-refractivity contribution in [2.45, 2.75) is 52.9 Å². The molecule has 1 fully saturated rings. The Hall–Kier alpha value is -0.890. The summed E-state index contributed by atoms with van der Waals surface area (Å²) in [6.07, 6.45) is 3.75. The number of halogens is 1. The first-order chi connectivity index (χ1) is 9.97. The molecule has 1 aliphatic carbocycles. The summed E-state index contributed by atoms with van der Waals surface area (Å²) in [7, 11) is 0. The lowest BCUT2D eigenvalue weighted by atomic mass is 9.70. The molecule has 0 saturated heterocycles. The van der Waals surface area contributed by atoms with E-state index in [9.17, 15) is 4.39 Å². The molecule has 118 valence electrons. The van der Waals surface area contributed by atoms with Gasteiger partial charge in [-0.3, -0.25) is 0 Å². The molecule has 0 heterocycles. The molecule has 0 amide bonds. The van der Waals surface area contributed by atoms with Crippen LogP contribution in [0.15, 0.2) is 18.2 Å². The van der Waals surface area contributed by atoms with Crippen molar-refractivity contribution in [1.82, 2.24) is 5.32 Å². The van der Waals surface area contributed by atoms with Crippen LogP contribution in [0.3, 0.4) is 0 Å². The van der Waals surface area contributed by atoms with Crippen LogP contribution in [-0.4, -0.2) is 13.1 Å². The summed E-state index contributed by atoms with van der Waals surface area (Å²) in [6, 6.07) is 5.28. The molecular weight excluding hydrogens is 261 g/mol. The summed E-state index contributed by atoms with van der Waals surface area (Å²) < 4.78 is 13.7. The average molecular weight is 291 g/mol. The number of nitrogens with one attached hydrogen (secondary N) is 1. The number of aryl methyl sites for hydroxylation is 1. The number of rotatable bonds is 5. The zero-order valence-corrected chi connectivity index (χ0v) is 14.0. The van der Waals surface area contributed by atoms with E-state index in [2.05, 4.69) is 33.0 Å². The van der Waals surface area contributed by atoms with Gasteiger partial charge in [-0.2, -0.15) is 0 Å². The van der Waals surface area contributed by atoms with E-state index < -0.39 is 0 Å². The molecule has 1 nitrogen and oxygen atoms in total. The van der Waals surface area contributed by atoms with Crippen molar-refractivity contribution in [3.8, 4) is 0 Å². The molecular formula is C19H30FN. The predicted octanol–water partition coefficient (Wildman–Crippen LogP) is 4.90. The lowest BCUT2D eigenvalue weighted by molar-refractivity contribution is 0.239. The smallest absolute Gasteiger partial charge is 0.123 e. The van der Waals surface area contributed by atoms with Crippen LogP contribution in [0, 0.1) is 30.5 Å². The van der Waals surface area contributed by atoms with Gasteiger partial charge in [0, 0.05) is 0 Å². The summed E-state index contributed by atoms with van der Waals surface area (Å²) >= 11 is 0. The van der Waals surface area contributed by atoms with Crippen molar-refractivity contribution < 1.29 is 4.39 Å². The standard InChI is InChI=1S/C19H30FN/c1-13(2)11-21-12-16-7-5-14(3)9-19(16)18-10-17(20)8-6-15(18)4/h6,8,10,13-14,16,19,21H,5,7,9,11-12H2,1-4H3. The second-order valence-electron chi connectivity index (χ2n) is 7.34. The van der Waals surface area contributed by atoms with Crippen molar-refractivity contribution in [2.75, 3.05) is 13.1 Å². The minimum absolute atomic E-state index is 0.0947. The van der Waals surface area contributed by atoms with Crippen molar-refractivity contribution in [1.29, 1.82) is 0 Å². The highest BCUT2D eigenvalue weighted by molar-refractivity contribution is 5.31. The highest BCUT2D eigenvalue weighted by Gasteiger charge is 2.30. The van der Waals surface area contributed by atoms with Gasteiger partial charge in [-0.1, -0.05) is 33.3 Å². The molecule has 0 spiro atoms. The van der Waals surface area contributed by atoms with Crippen LogP contribution in [0.2, 0.25) is 0 Å². The topological polar surface area (TPSA) is 12.0 Å². The van der Waals surface area contributed by atoms with Gasteiger partial charge in [-0.15, -0.1) is 0 Å². The molecule has 21 heavy (non-hydrogen) atoms. The molecule has 0 radical (unpaired) electrons. The maximum Gasteiger partial charge on any atom is 0.123 e. The molecule has 1 aliphatic rings. The summed E-state index contributed by atoms with van der Waals surface area (Å²) in [4.78, 5) is 0. The van der Waals surface area contributed by atoms with Crippen LogP contribution in [-0.2, 0) is 0 Å². The molecule has 1 aromatic carbocycles. The zero-order valence-electron chi connectivity index (χ0n) is 14.0. The van der Waals surface area contributed by atoms with E-state index in [0.717, 1.165) is 19.0 Å². The summed E-state index contributed by atoms with van der Waals surface area (Å²) in [6.45, 7) is 11.1. The van der Waals surface area contributed by atoms with Gasteiger partial charge in [-0.25, -0.2) is 4.39 Å². The Morgan fingerprint density at radius 3 is 2.76 bits per heavy atom. The van der Waals surface area contributed by atoms with Gasteiger partial charge < -0.3 is 5.32 Å². The molecule has 1 N–H and O–H groups in total. The van der Waals surface area contributed by atoms with Crippen LogP contribution in [0.5, 0.6) is 0 Å². The van der Waals surface area contributed by atoms with Crippen LogP contribution in [0.4, 0.5) is 4.39 Å². The second kappa shape index (κ2) is 7.40. The third kappa shape index (κ3) is 4.54. The largest absolute Gasteiger partial charge is 0.316 e. The van der Waals surface area contributed by atoms with Gasteiger partial charge in [0.1, 0.15) is 5.82 Å². The first-order valence-electron chi connectivity index (χ1n) is 8.44. The fourth-order valence-corrected chi connectivity index (χ4v) is 3.64. The van der Waals surface area contributed by atoms with Gasteiger partial charge in [0.2, 0.25) is 0 Å². The molecule has 0 aliphatic heterocycles. The molecule has 3 atom stereocenters. The van der Waals surface area contributed by atoms with Crippen LogP contribution in [0.25, 0.3) is 0 Å². The van der Waals surface area contributed by atoms with Gasteiger partial charge in [0.05, 0.1) is 0 Å². The first-order valence-corrected chi connectivity index (χ1v) is 8.44. The summed E-state index contributed by atoms with van der Waals surface area (Å²) in [5.41, 5.74) is 2.47. The van der Waals surface area contributed by atoms with Crippen molar-refractivity contribution in [2.24, 2.45) is 17.8 Å². The Balaban J connectivity index is 2.12. The molecule has 3 unspecified atom stereocenters. The Bertz CT molecular complexity index is 455. The Morgan fingerprint density at radius 1 is 1.29 bits per heavy atom. The van der Waals surface area contributed by atoms with E-state index >= 15 is 0 Å². The van der Waals surface area contributed by atoms with E-state index in [0.29, 0.717) is 17.8 Å². The molecule has 0 aromatic heterocycles. The molecule has 1 saturated carbocycles. The Labute approximate surface area is 129 Å². The lowest BCUT2D eigenvalue weighted by Gasteiger charge is -2.36. The minimum Gasteiger partial charge on any atom is -0.316 e. The number of hydrogen-bond donors (Lipinski definition) is 1. The fraction of sp³-hybridized carbons (Fsp3) is 0.684. The monoisotopic (exact) mass is 291 g/mol. The van der Waals surface area contributed by atoms with E-state index in [1.165, 1.54) is 30.4 Å². The first kappa shape index (κ1) is 16.5. The van der Waals surface area contributed by atoms with Gasteiger partial charge in [0.15, 0.2) is 0 Å². The average Bonchev–Trinajstić information content (AvgIpc) is 2.43. The number of hydrogen-bond acceptors (Lipinski definition) is 1. The maximum absolute atomic E-state index is 13.7. The summed E-state index contributed by atoms with van der Waals surface area (Å²) in [5, 5.41) is 3.61. The van der Waals surface area contributed by atoms with E-state index in [1.807, 2.05) is 6.07 Å². The van der Waals surface area contributed by atoms with Crippen LogP contribution >= 0.6 is 0 Å². The van der Waals surface area contributed by atoms with Crippen LogP contribution < -0.4 is 5.32 Å². The van der Waals surface area contributed by atoms with Gasteiger partial charge in [-0.05, 0) is 79.8 Å². The third-order valence-electron chi connectivity index (χ3n) is 4.86. The van der Waals surface area contributed by atoms with Crippen LogP contribution in [0.1, 0.15) is 57.1 Å². The predicted molar refractivity (Wildman–Crippen MR) is 88.1 cm³/mol. The van der Waals surface area contributed by atoms with Gasteiger partial charge in [0.25, 0.3) is 0 Å². The second-order valence-corrected chi connectivity index (χ2v) is 7.34.